The fourth-order valence-electron chi connectivity index (χ4n) is 0.519. The van der Waals surface area contributed by atoms with E-state index in [4.69, 9.17) is 5.73 Å². The van der Waals surface area contributed by atoms with E-state index in [0.717, 1.165) is 5.69 Å². The van der Waals surface area contributed by atoms with Crippen LogP contribution in [0.15, 0.2) is 24.4 Å². The third-order valence-electron chi connectivity index (χ3n) is 0.935. The van der Waals surface area contributed by atoms with E-state index in [2.05, 4.69) is 4.98 Å². The minimum atomic E-state index is 0. The van der Waals surface area contributed by atoms with E-state index in [-0.39, 0.29) is 67.7 Å². The molecule has 0 fully saturated rings. The standard InChI is InChI=1S/C6H8N2.3BrH.Co/c7-5-6-3-1-2-4-8-6;;;;/h1-4H,5,7H2;3*1H;/q;;;;+3/p-3. The molecule has 0 aliphatic carbocycles. The van der Waals surface area contributed by atoms with Crippen molar-refractivity contribution in [1.82, 2.24) is 4.98 Å². The van der Waals surface area contributed by atoms with Crippen molar-refractivity contribution < 1.29 is 67.7 Å². The number of nitrogens with two attached hydrogens (primary N) is 1. The SMILES string of the molecule is NCc1ccccn1.[Br-].[Br-].[Br-].[Co+3]. The minimum Gasteiger partial charge on any atom is -1.00 e. The van der Waals surface area contributed by atoms with Crippen LogP contribution >= 0.6 is 0 Å². The zero-order valence-electron chi connectivity index (χ0n) is 6.01. The van der Waals surface area contributed by atoms with E-state index >= 15 is 0 Å². The van der Waals surface area contributed by atoms with Crippen LogP contribution in [-0.2, 0) is 23.3 Å². The Balaban J connectivity index is -0.0000000800. The Labute approximate surface area is 114 Å². The maximum absolute atomic E-state index is 5.29. The first-order chi connectivity index (χ1) is 3.93. The molecule has 0 aromatic carbocycles. The predicted octanol–water partition coefficient (Wildman–Crippen LogP) is -8.45. The zero-order chi connectivity index (χ0) is 5.82. The van der Waals surface area contributed by atoms with Gasteiger partial charge >= 0.3 is 16.8 Å². The molecule has 0 radical (unpaired) electrons. The molecule has 6 heteroatoms. The molecule has 1 aromatic rings. The Morgan fingerprint density at radius 2 is 1.75 bits per heavy atom. The van der Waals surface area contributed by atoms with Crippen LogP contribution in [0.4, 0.5) is 0 Å². The molecule has 0 unspecified atom stereocenters. The van der Waals surface area contributed by atoms with Gasteiger partial charge in [0.2, 0.25) is 0 Å². The van der Waals surface area contributed by atoms with Gasteiger partial charge in [-0.05, 0) is 12.1 Å². The van der Waals surface area contributed by atoms with Gasteiger partial charge in [-0.2, -0.15) is 0 Å². The van der Waals surface area contributed by atoms with Crippen molar-refractivity contribution in [2.75, 3.05) is 0 Å². The third-order valence-corrected chi connectivity index (χ3v) is 0.935. The Hall–Kier alpha value is 1.06. The van der Waals surface area contributed by atoms with Gasteiger partial charge in [0.15, 0.2) is 0 Å². The maximum Gasteiger partial charge on any atom is 3.00 e. The van der Waals surface area contributed by atoms with Crippen molar-refractivity contribution in [3.8, 4) is 0 Å². The average molecular weight is 407 g/mol. The third kappa shape index (κ3) is 9.15. The van der Waals surface area contributed by atoms with Crippen molar-refractivity contribution >= 4 is 0 Å². The summed E-state index contributed by atoms with van der Waals surface area (Å²) >= 11 is 0. The van der Waals surface area contributed by atoms with Crippen LogP contribution in [0.2, 0.25) is 0 Å². The molecule has 1 rings (SSSR count). The molecular weight excluding hydrogens is 399 g/mol. The molecule has 0 saturated carbocycles. The second-order valence-corrected chi connectivity index (χ2v) is 1.53. The number of aromatic nitrogens is 1. The van der Waals surface area contributed by atoms with Gasteiger partial charge in [0.1, 0.15) is 0 Å². The van der Waals surface area contributed by atoms with Crippen molar-refractivity contribution in [2.45, 2.75) is 6.54 Å². The molecule has 0 atom stereocenters. The van der Waals surface area contributed by atoms with E-state index in [0.29, 0.717) is 6.54 Å². The molecule has 2 N–H and O–H groups in total. The molecule has 2 nitrogen and oxygen atoms in total. The molecule has 1 heterocycles. The van der Waals surface area contributed by atoms with Crippen LogP contribution in [0.1, 0.15) is 5.69 Å². The summed E-state index contributed by atoms with van der Waals surface area (Å²) < 4.78 is 0. The van der Waals surface area contributed by atoms with E-state index in [1.165, 1.54) is 0 Å². The Kier molecular flexibility index (Phi) is 28.1. The smallest absolute Gasteiger partial charge is 1.00 e. The Morgan fingerprint density at radius 1 is 1.17 bits per heavy atom. The van der Waals surface area contributed by atoms with Crippen LogP contribution in [0.3, 0.4) is 0 Å². The fourth-order valence-corrected chi connectivity index (χ4v) is 0.519. The molecule has 1 aromatic heterocycles. The van der Waals surface area contributed by atoms with Crippen molar-refractivity contribution in [3.05, 3.63) is 30.1 Å². The van der Waals surface area contributed by atoms with Crippen LogP contribution in [-0.4, -0.2) is 4.98 Å². The van der Waals surface area contributed by atoms with Gasteiger partial charge in [-0.15, -0.1) is 0 Å². The Bertz CT molecular complexity index is 162. The molecule has 0 amide bonds. The van der Waals surface area contributed by atoms with E-state index in [9.17, 15) is 0 Å². The first-order valence-electron chi connectivity index (χ1n) is 2.53. The van der Waals surface area contributed by atoms with Crippen molar-refractivity contribution in [1.29, 1.82) is 0 Å². The van der Waals surface area contributed by atoms with Gasteiger partial charge < -0.3 is 56.7 Å². The monoisotopic (exact) mass is 404 g/mol. The van der Waals surface area contributed by atoms with Crippen molar-refractivity contribution in [3.63, 3.8) is 0 Å². The summed E-state index contributed by atoms with van der Waals surface area (Å²) in [5.41, 5.74) is 6.22. The van der Waals surface area contributed by atoms with Crippen LogP contribution in [0.5, 0.6) is 0 Å². The number of halogens is 3. The first-order valence-corrected chi connectivity index (χ1v) is 2.53. The van der Waals surface area contributed by atoms with E-state index in [1.54, 1.807) is 6.20 Å². The summed E-state index contributed by atoms with van der Waals surface area (Å²) in [6.07, 6.45) is 1.74. The topological polar surface area (TPSA) is 38.9 Å². The zero-order valence-corrected chi connectivity index (χ0v) is 11.8. The number of hydrogen-bond acceptors (Lipinski definition) is 2. The summed E-state index contributed by atoms with van der Waals surface area (Å²) in [4.78, 5) is 3.97. The molecule has 0 saturated heterocycles. The van der Waals surface area contributed by atoms with Crippen LogP contribution in [0.25, 0.3) is 0 Å². The number of nitrogens with zero attached hydrogens (tertiary/aromatic N) is 1. The summed E-state index contributed by atoms with van der Waals surface area (Å²) in [6, 6.07) is 5.70. The number of pyridine rings is 1. The normalized spacial score (nSPS) is 6.08. The first kappa shape index (κ1) is 23.1. The molecule has 72 valence electrons. The molecular formula is C6H8Br3CoN2. The van der Waals surface area contributed by atoms with Gasteiger partial charge in [0, 0.05) is 12.7 Å². The van der Waals surface area contributed by atoms with Crippen LogP contribution in [0, 0.1) is 0 Å². The maximum atomic E-state index is 5.29. The molecule has 0 aliphatic rings. The average Bonchev–Trinajstić information content (AvgIpc) is 1.90. The second-order valence-electron chi connectivity index (χ2n) is 1.53. The molecule has 0 bridgehead atoms. The molecule has 0 aliphatic heterocycles. The largest absolute Gasteiger partial charge is 3.00 e. The van der Waals surface area contributed by atoms with Gasteiger partial charge in [-0.3, -0.25) is 4.98 Å². The number of rotatable bonds is 1. The minimum absolute atomic E-state index is 0. The summed E-state index contributed by atoms with van der Waals surface area (Å²) in [5, 5.41) is 0. The van der Waals surface area contributed by atoms with Gasteiger partial charge in [0.25, 0.3) is 0 Å². The second kappa shape index (κ2) is 14.6. The summed E-state index contributed by atoms with van der Waals surface area (Å²) in [6.45, 7) is 0.529. The summed E-state index contributed by atoms with van der Waals surface area (Å²) in [5.74, 6) is 0. The molecule has 0 spiro atoms. The number of hydrogen-bond donors (Lipinski definition) is 1. The van der Waals surface area contributed by atoms with Gasteiger partial charge in [-0.1, -0.05) is 6.07 Å². The summed E-state index contributed by atoms with van der Waals surface area (Å²) in [7, 11) is 0. The predicted molar refractivity (Wildman–Crippen MR) is 32.1 cm³/mol. The molecule has 12 heavy (non-hydrogen) atoms. The van der Waals surface area contributed by atoms with Crippen molar-refractivity contribution in [2.24, 2.45) is 5.73 Å². The van der Waals surface area contributed by atoms with Crippen LogP contribution < -0.4 is 56.7 Å². The Morgan fingerprint density at radius 3 is 2.00 bits per heavy atom. The van der Waals surface area contributed by atoms with E-state index < -0.39 is 0 Å². The van der Waals surface area contributed by atoms with Gasteiger partial charge in [-0.25, -0.2) is 0 Å². The fraction of sp³-hybridized carbons (Fsp3) is 0.167. The van der Waals surface area contributed by atoms with Gasteiger partial charge in [0.05, 0.1) is 5.69 Å². The van der Waals surface area contributed by atoms with E-state index in [1.807, 2.05) is 18.2 Å². The quantitative estimate of drug-likeness (QED) is 0.503.